The van der Waals surface area contributed by atoms with Gasteiger partial charge in [-0.1, -0.05) is 6.07 Å². The molecule has 2 aromatic heterocycles. The van der Waals surface area contributed by atoms with E-state index < -0.39 is 0 Å². The highest BCUT2D eigenvalue weighted by Gasteiger charge is 2.14. The van der Waals surface area contributed by atoms with E-state index in [0.717, 1.165) is 27.8 Å². The molecule has 0 unspecified atom stereocenters. The zero-order chi connectivity index (χ0) is 18.4. The minimum atomic E-state index is -0.110. The van der Waals surface area contributed by atoms with Crippen molar-refractivity contribution in [3.63, 3.8) is 0 Å². The number of ether oxygens (including phenoxy) is 1. The molecule has 26 heavy (non-hydrogen) atoms. The second-order valence-corrected chi connectivity index (χ2v) is 8.84. The van der Waals surface area contributed by atoms with Gasteiger partial charge < -0.3 is 10.1 Å². The molecule has 1 amide bonds. The molecule has 0 saturated carbocycles. The van der Waals surface area contributed by atoms with E-state index in [9.17, 15) is 4.79 Å². The summed E-state index contributed by atoms with van der Waals surface area (Å²) in [6, 6.07) is 11.9. The van der Waals surface area contributed by atoms with Crippen LogP contribution in [0.4, 0.5) is 0 Å². The molecule has 0 aliphatic rings. The number of rotatable bonds is 8. The number of amides is 1. The van der Waals surface area contributed by atoms with Gasteiger partial charge in [-0.25, -0.2) is 4.98 Å². The Morgan fingerprint density at radius 2 is 2.08 bits per heavy atom. The standard InChI is InChI=1S/C19H20N2O2S3/c1-13(18(22)20-10-17-4-3-9-24-17)25-11-15-12-26-19(21-15)14-5-7-16(23-2)8-6-14/h3-9,12-13H,10-11H2,1-2H3,(H,20,22)/t13-/m0/s1. The predicted octanol–water partition coefficient (Wildman–Crippen LogP) is 4.82. The van der Waals surface area contributed by atoms with Gasteiger partial charge in [0.2, 0.25) is 5.91 Å². The number of benzene rings is 1. The summed E-state index contributed by atoms with van der Waals surface area (Å²) in [4.78, 5) is 18.0. The van der Waals surface area contributed by atoms with Crippen LogP contribution >= 0.6 is 34.4 Å². The van der Waals surface area contributed by atoms with E-state index in [-0.39, 0.29) is 11.2 Å². The summed E-state index contributed by atoms with van der Waals surface area (Å²) >= 11 is 4.88. The van der Waals surface area contributed by atoms with E-state index in [0.29, 0.717) is 6.54 Å². The minimum Gasteiger partial charge on any atom is -0.497 e. The number of carbonyl (C=O) groups is 1. The van der Waals surface area contributed by atoms with Crippen molar-refractivity contribution in [3.8, 4) is 16.3 Å². The number of thioether (sulfide) groups is 1. The summed E-state index contributed by atoms with van der Waals surface area (Å²) in [7, 11) is 1.66. The van der Waals surface area contributed by atoms with E-state index in [1.54, 1.807) is 41.5 Å². The number of carbonyl (C=O) groups excluding carboxylic acids is 1. The first-order valence-electron chi connectivity index (χ1n) is 8.16. The van der Waals surface area contributed by atoms with Gasteiger partial charge in [0.15, 0.2) is 0 Å². The maximum atomic E-state index is 12.2. The Hall–Kier alpha value is -1.83. The third-order valence-corrected chi connectivity index (χ3v) is 6.75. The normalized spacial score (nSPS) is 11.9. The second-order valence-electron chi connectivity index (χ2n) is 5.62. The van der Waals surface area contributed by atoms with Crippen LogP contribution in [0.2, 0.25) is 0 Å². The lowest BCUT2D eigenvalue weighted by Crippen LogP contribution is -2.30. The predicted molar refractivity (Wildman–Crippen MR) is 111 cm³/mol. The van der Waals surface area contributed by atoms with Crippen molar-refractivity contribution in [2.24, 2.45) is 0 Å². The van der Waals surface area contributed by atoms with E-state index in [1.807, 2.05) is 48.7 Å². The lowest BCUT2D eigenvalue weighted by atomic mass is 10.2. The lowest BCUT2D eigenvalue weighted by molar-refractivity contribution is -0.120. The van der Waals surface area contributed by atoms with Gasteiger partial charge in [0.1, 0.15) is 10.8 Å². The molecule has 7 heteroatoms. The van der Waals surface area contributed by atoms with Crippen LogP contribution in [0.25, 0.3) is 10.6 Å². The van der Waals surface area contributed by atoms with Crippen LogP contribution in [0.15, 0.2) is 47.2 Å². The molecular weight excluding hydrogens is 384 g/mol. The van der Waals surface area contributed by atoms with Crippen LogP contribution < -0.4 is 10.1 Å². The fourth-order valence-corrected chi connectivity index (χ4v) is 4.64. The molecule has 1 N–H and O–H groups in total. The molecule has 3 aromatic rings. The third-order valence-electron chi connectivity index (χ3n) is 3.76. The van der Waals surface area contributed by atoms with Gasteiger partial charge in [0, 0.05) is 21.6 Å². The van der Waals surface area contributed by atoms with Crippen LogP contribution in [0.1, 0.15) is 17.5 Å². The maximum Gasteiger partial charge on any atom is 0.233 e. The first-order valence-corrected chi connectivity index (χ1v) is 11.0. The number of hydrogen-bond donors (Lipinski definition) is 1. The zero-order valence-corrected chi connectivity index (χ0v) is 17.0. The van der Waals surface area contributed by atoms with Crippen molar-refractivity contribution in [2.75, 3.05) is 7.11 Å². The molecular formula is C19H20N2O2S3. The third kappa shape index (κ3) is 5.09. The van der Waals surface area contributed by atoms with E-state index in [4.69, 9.17) is 4.74 Å². The Morgan fingerprint density at radius 1 is 1.27 bits per heavy atom. The average molecular weight is 405 g/mol. The number of thiazole rings is 1. The minimum absolute atomic E-state index is 0.0639. The summed E-state index contributed by atoms with van der Waals surface area (Å²) in [5, 5.41) is 7.93. The molecule has 3 rings (SSSR count). The fraction of sp³-hybridized carbons (Fsp3) is 0.263. The van der Waals surface area contributed by atoms with Crippen molar-refractivity contribution < 1.29 is 9.53 Å². The fourth-order valence-electron chi connectivity index (χ4n) is 2.26. The summed E-state index contributed by atoms with van der Waals surface area (Å²) in [5.41, 5.74) is 2.08. The molecule has 0 spiro atoms. The van der Waals surface area contributed by atoms with Crippen LogP contribution in [-0.4, -0.2) is 23.3 Å². The molecule has 4 nitrogen and oxygen atoms in total. The number of nitrogens with zero attached hydrogens (tertiary/aromatic N) is 1. The molecule has 0 saturated heterocycles. The van der Waals surface area contributed by atoms with Crippen LogP contribution in [0, 0.1) is 0 Å². The van der Waals surface area contributed by atoms with Gasteiger partial charge in [-0.2, -0.15) is 0 Å². The Labute approximate surface area is 165 Å². The Kier molecular flexibility index (Phi) is 6.71. The first-order chi connectivity index (χ1) is 12.7. The van der Waals surface area contributed by atoms with Crippen molar-refractivity contribution in [1.29, 1.82) is 0 Å². The van der Waals surface area contributed by atoms with Crippen molar-refractivity contribution in [3.05, 3.63) is 57.7 Å². The van der Waals surface area contributed by atoms with Crippen LogP contribution in [0.5, 0.6) is 5.75 Å². The van der Waals surface area contributed by atoms with Gasteiger partial charge >= 0.3 is 0 Å². The van der Waals surface area contributed by atoms with Crippen molar-refractivity contribution in [2.45, 2.75) is 24.5 Å². The van der Waals surface area contributed by atoms with E-state index in [1.165, 1.54) is 4.88 Å². The summed E-state index contributed by atoms with van der Waals surface area (Å²) in [5.74, 6) is 1.62. The molecule has 136 valence electrons. The van der Waals surface area contributed by atoms with E-state index in [2.05, 4.69) is 15.7 Å². The Morgan fingerprint density at radius 3 is 2.77 bits per heavy atom. The highest BCUT2D eigenvalue weighted by molar-refractivity contribution is 7.99. The molecule has 1 aromatic carbocycles. The van der Waals surface area contributed by atoms with Gasteiger partial charge in [-0.05, 0) is 42.6 Å². The Bertz CT molecular complexity index is 829. The number of methoxy groups -OCH3 is 1. The summed E-state index contributed by atoms with van der Waals surface area (Å²) in [6.07, 6.45) is 0. The van der Waals surface area contributed by atoms with Gasteiger partial charge in [-0.3, -0.25) is 4.79 Å². The summed E-state index contributed by atoms with van der Waals surface area (Å²) in [6.45, 7) is 2.53. The number of aromatic nitrogens is 1. The molecule has 0 radical (unpaired) electrons. The number of hydrogen-bond acceptors (Lipinski definition) is 6. The van der Waals surface area contributed by atoms with Gasteiger partial charge in [-0.15, -0.1) is 34.4 Å². The lowest BCUT2D eigenvalue weighted by Gasteiger charge is -2.10. The van der Waals surface area contributed by atoms with E-state index >= 15 is 0 Å². The topological polar surface area (TPSA) is 51.2 Å². The van der Waals surface area contributed by atoms with Gasteiger partial charge in [0.05, 0.1) is 24.6 Å². The van der Waals surface area contributed by atoms with Gasteiger partial charge in [0.25, 0.3) is 0 Å². The molecule has 0 aliphatic heterocycles. The van der Waals surface area contributed by atoms with Crippen LogP contribution in [-0.2, 0) is 17.1 Å². The highest BCUT2D eigenvalue weighted by atomic mass is 32.2. The first kappa shape index (κ1) is 18.9. The van der Waals surface area contributed by atoms with Crippen molar-refractivity contribution >= 4 is 40.3 Å². The largest absolute Gasteiger partial charge is 0.497 e. The average Bonchev–Trinajstić information content (AvgIpc) is 3.36. The monoisotopic (exact) mass is 404 g/mol. The molecule has 0 bridgehead atoms. The Balaban J connectivity index is 1.49. The smallest absolute Gasteiger partial charge is 0.233 e. The zero-order valence-electron chi connectivity index (χ0n) is 14.6. The SMILES string of the molecule is COc1ccc(-c2nc(CS[C@@H](C)C(=O)NCc3cccs3)cs2)cc1. The highest BCUT2D eigenvalue weighted by Crippen LogP contribution is 2.28. The number of thiophene rings is 1. The second kappa shape index (κ2) is 9.21. The molecule has 2 heterocycles. The van der Waals surface area contributed by atoms with Crippen LogP contribution in [0.3, 0.4) is 0 Å². The molecule has 1 atom stereocenters. The maximum absolute atomic E-state index is 12.2. The quantitative estimate of drug-likeness (QED) is 0.585. The molecule has 0 fully saturated rings. The number of nitrogens with one attached hydrogen (secondary N) is 1. The summed E-state index contributed by atoms with van der Waals surface area (Å²) < 4.78 is 5.18. The van der Waals surface area contributed by atoms with Crippen molar-refractivity contribution in [1.82, 2.24) is 10.3 Å². The molecule has 0 aliphatic carbocycles.